The van der Waals surface area contributed by atoms with Crippen LogP contribution in [0.2, 0.25) is 0 Å². The van der Waals surface area contributed by atoms with Crippen molar-refractivity contribution in [2.75, 3.05) is 7.05 Å². The van der Waals surface area contributed by atoms with E-state index < -0.39 is 0 Å². The smallest absolute Gasteiger partial charge is 0.225 e. The number of fused-ring (bicyclic) bond motifs is 4. The third kappa shape index (κ3) is 3.46. The molecule has 2 aromatic carbocycles. The molecule has 0 bridgehead atoms. The van der Waals surface area contributed by atoms with Gasteiger partial charge in [-0.1, -0.05) is 50.2 Å². The van der Waals surface area contributed by atoms with Crippen LogP contribution in [0.3, 0.4) is 0 Å². The van der Waals surface area contributed by atoms with Crippen molar-refractivity contribution in [1.82, 2.24) is 9.88 Å². The molecule has 1 amide bonds. The zero-order chi connectivity index (χ0) is 21.7. The summed E-state index contributed by atoms with van der Waals surface area (Å²) in [6.45, 7) is 4.22. The summed E-state index contributed by atoms with van der Waals surface area (Å²) >= 11 is 3.45. The van der Waals surface area contributed by atoms with Gasteiger partial charge in [0, 0.05) is 29.8 Å². The Morgan fingerprint density at radius 1 is 1.37 bits per heavy atom. The minimum Gasteiger partial charge on any atom is -0.342 e. The van der Waals surface area contributed by atoms with Crippen molar-refractivity contribution < 1.29 is 6.17 Å². The van der Waals surface area contributed by atoms with Crippen LogP contribution in [0.4, 0.5) is 0 Å². The van der Waals surface area contributed by atoms with Crippen molar-refractivity contribution in [1.29, 1.82) is 0 Å². The second-order valence-electron chi connectivity index (χ2n) is 8.66. The number of nitrogens with zero attached hydrogens (tertiary/aromatic N) is 2. The van der Waals surface area contributed by atoms with Crippen LogP contribution in [0.25, 0.3) is 10.2 Å². The van der Waals surface area contributed by atoms with Gasteiger partial charge in [0.2, 0.25) is 5.91 Å². The van der Waals surface area contributed by atoms with Crippen molar-refractivity contribution in [2.45, 2.75) is 67.1 Å². The standard InChI is InChI=1S/C25H28N2OS2/c1-4-6-16-7-5-8-22-23(16)26-25(30-22)29-18-10-11-19-17(14-18)9-12-21-20(19)13-15(2)24(28)27(21)3/h5,7-8,10-11,14-15,20-21H,4,6,9,12-13H2,1-3H3/t15?,20-,21-/m1/s1/i7T. The number of hydrogen-bond donors (Lipinski definition) is 0. The van der Waals surface area contributed by atoms with Gasteiger partial charge in [0.15, 0.2) is 4.34 Å². The van der Waals surface area contributed by atoms with Crippen molar-refractivity contribution in [3.8, 4) is 0 Å². The number of aryl methyl sites for hydroxylation is 2. The van der Waals surface area contributed by atoms with E-state index >= 15 is 0 Å². The van der Waals surface area contributed by atoms with Crippen molar-refractivity contribution in [3.05, 3.63) is 53.1 Å². The van der Waals surface area contributed by atoms with Crippen LogP contribution in [0, 0.1) is 5.92 Å². The molecule has 1 saturated heterocycles. The lowest BCUT2D eigenvalue weighted by molar-refractivity contribution is -0.140. The normalized spacial score (nSPS) is 24.0. The molecule has 1 aromatic heterocycles. The Bertz CT molecular complexity index is 1160. The van der Waals surface area contributed by atoms with Crippen LogP contribution in [-0.4, -0.2) is 28.9 Å². The monoisotopic (exact) mass is 438 g/mol. The first-order valence-corrected chi connectivity index (χ1v) is 12.6. The Morgan fingerprint density at radius 3 is 3.07 bits per heavy atom. The van der Waals surface area contributed by atoms with Gasteiger partial charge in [0.05, 0.1) is 11.6 Å². The predicted molar refractivity (Wildman–Crippen MR) is 126 cm³/mol. The number of para-hydroxylation sites is 1. The Hall–Kier alpha value is -1.85. The molecule has 3 atom stereocenters. The summed E-state index contributed by atoms with van der Waals surface area (Å²) in [5.41, 5.74) is 4.94. The molecule has 1 unspecified atom stereocenters. The maximum Gasteiger partial charge on any atom is 0.225 e. The number of hydrogen-bond acceptors (Lipinski definition) is 4. The van der Waals surface area contributed by atoms with Gasteiger partial charge in [-0.15, -0.1) is 11.3 Å². The molecule has 1 fully saturated rings. The molecular weight excluding hydrogens is 408 g/mol. The van der Waals surface area contributed by atoms with Crippen LogP contribution in [-0.2, 0) is 17.6 Å². The molecule has 5 heteroatoms. The molecule has 3 aromatic rings. The second-order valence-corrected chi connectivity index (χ2v) is 11.0. The average molecular weight is 439 g/mol. The number of carbonyl (C=O) groups excluding carboxylic acids is 1. The molecule has 0 N–H and O–H groups in total. The molecule has 5 rings (SSSR count). The van der Waals surface area contributed by atoms with Gasteiger partial charge in [-0.25, -0.2) is 4.98 Å². The van der Waals surface area contributed by atoms with E-state index in [9.17, 15) is 4.79 Å². The predicted octanol–water partition coefficient (Wildman–Crippen LogP) is 6.30. The van der Waals surface area contributed by atoms with E-state index in [1.54, 1.807) is 23.1 Å². The fourth-order valence-corrected chi connectivity index (χ4v) is 7.32. The highest BCUT2D eigenvalue weighted by Crippen LogP contribution is 2.44. The molecule has 1 aliphatic carbocycles. The molecule has 2 aliphatic rings. The van der Waals surface area contributed by atoms with E-state index in [1.165, 1.54) is 20.7 Å². The highest BCUT2D eigenvalue weighted by molar-refractivity contribution is 8.01. The number of carbonyl (C=O) groups is 1. The van der Waals surface area contributed by atoms with E-state index in [2.05, 4.69) is 32.0 Å². The number of thiazole rings is 1. The van der Waals surface area contributed by atoms with Crippen molar-refractivity contribution >= 4 is 39.2 Å². The molecular formula is C25H28N2OS2. The third-order valence-electron chi connectivity index (χ3n) is 6.68. The third-order valence-corrected chi connectivity index (χ3v) is 8.75. The topological polar surface area (TPSA) is 33.2 Å². The van der Waals surface area contributed by atoms with Crippen molar-refractivity contribution in [3.63, 3.8) is 0 Å². The van der Waals surface area contributed by atoms with Crippen LogP contribution >= 0.6 is 23.1 Å². The first-order valence-electron chi connectivity index (χ1n) is 11.4. The maximum absolute atomic E-state index is 12.4. The number of amides is 1. The fourth-order valence-electron chi connectivity index (χ4n) is 5.19. The van der Waals surface area contributed by atoms with Gasteiger partial charge in [0.1, 0.15) is 0 Å². The van der Waals surface area contributed by atoms with Crippen LogP contribution in [0.1, 0.15) is 57.1 Å². The quantitative estimate of drug-likeness (QED) is 0.479. The van der Waals surface area contributed by atoms with Crippen LogP contribution in [0.5, 0.6) is 0 Å². The maximum atomic E-state index is 12.4. The zero-order valence-corrected chi connectivity index (χ0v) is 19.4. The number of likely N-dealkylation sites (tertiary alicyclic amines) is 1. The molecule has 3 nitrogen and oxygen atoms in total. The number of aromatic nitrogens is 1. The summed E-state index contributed by atoms with van der Waals surface area (Å²) in [7, 11) is 1.98. The van der Waals surface area contributed by atoms with E-state index in [0.29, 0.717) is 23.9 Å². The summed E-state index contributed by atoms with van der Waals surface area (Å²) in [6.07, 6.45) is 4.97. The van der Waals surface area contributed by atoms with E-state index in [-0.39, 0.29) is 5.92 Å². The number of rotatable bonds is 4. The fraction of sp³-hybridized carbons (Fsp3) is 0.440. The van der Waals surface area contributed by atoms with Gasteiger partial charge < -0.3 is 4.90 Å². The SMILES string of the molecule is [3H]c1ccc2sc(Sc3ccc4c(c3)CC[C@@H]3[C@@H]4CC(C)C(=O)N3C)nc2c1CCC. The highest BCUT2D eigenvalue weighted by Gasteiger charge is 2.41. The second kappa shape index (κ2) is 8.01. The number of benzene rings is 2. The Kier molecular flexibility index (Phi) is 5.04. The summed E-state index contributed by atoms with van der Waals surface area (Å²) in [4.78, 5) is 20.6. The zero-order valence-electron chi connectivity index (χ0n) is 18.8. The lowest BCUT2D eigenvalue weighted by atomic mass is 9.72. The molecule has 0 spiro atoms. The minimum atomic E-state index is 0.105. The lowest BCUT2D eigenvalue weighted by Crippen LogP contribution is -2.50. The number of likely N-dealkylation sites (N-methyl/N-ethyl adjacent to an activating group) is 1. The first-order chi connectivity index (χ1) is 15.0. The molecule has 1 aliphatic heterocycles. The summed E-state index contributed by atoms with van der Waals surface area (Å²) in [5.74, 6) is 0.856. The molecule has 156 valence electrons. The Morgan fingerprint density at radius 2 is 2.23 bits per heavy atom. The minimum absolute atomic E-state index is 0.105. The number of piperidine rings is 1. The average Bonchev–Trinajstić information content (AvgIpc) is 3.16. The Balaban J connectivity index is 1.42. The van der Waals surface area contributed by atoms with E-state index in [1.807, 2.05) is 24.1 Å². The van der Waals surface area contributed by atoms with Gasteiger partial charge in [-0.3, -0.25) is 4.79 Å². The Labute approximate surface area is 188 Å². The summed E-state index contributed by atoms with van der Waals surface area (Å²) in [5, 5.41) is 0. The van der Waals surface area contributed by atoms with Crippen LogP contribution < -0.4 is 0 Å². The summed E-state index contributed by atoms with van der Waals surface area (Å²) < 4.78 is 10.5. The van der Waals surface area contributed by atoms with Gasteiger partial charge in [0.25, 0.3) is 0 Å². The summed E-state index contributed by atoms with van der Waals surface area (Å²) in [6, 6.07) is 11.7. The van der Waals surface area contributed by atoms with Crippen molar-refractivity contribution in [2.24, 2.45) is 5.92 Å². The largest absolute Gasteiger partial charge is 0.342 e. The van der Waals surface area contributed by atoms with Gasteiger partial charge >= 0.3 is 0 Å². The van der Waals surface area contributed by atoms with Gasteiger partial charge in [-0.2, -0.15) is 0 Å². The van der Waals surface area contributed by atoms with Gasteiger partial charge in [-0.05, 0) is 60.6 Å². The molecule has 2 heterocycles. The van der Waals surface area contributed by atoms with Crippen LogP contribution in [0.15, 0.2) is 45.6 Å². The first kappa shape index (κ1) is 18.9. The lowest BCUT2D eigenvalue weighted by Gasteiger charge is -2.45. The molecule has 30 heavy (non-hydrogen) atoms. The van der Waals surface area contributed by atoms with E-state index in [4.69, 9.17) is 6.35 Å². The molecule has 0 saturated carbocycles. The van der Waals surface area contributed by atoms with E-state index in [0.717, 1.165) is 47.5 Å². The highest BCUT2D eigenvalue weighted by atomic mass is 32.2. The molecule has 0 radical (unpaired) electrons.